The van der Waals surface area contributed by atoms with Crippen molar-refractivity contribution in [2.45, 2.75) is 25.7 Å². The van der Waals surface area contributed by atoms with Gasteiger partial charge in [0.25, 0.3) is 0 Å². The van der Waals surface area contributed by atoms with E-state index < -0.39 is 0 Å². The van der Waals surface area contributed by atoms with Crippen LogP contribution < -0.4 is 28.4 Å². The Balaban J connectivity index is 1.42. The summed E-state index contributed by atoms with van der Waals surface area (Å²) < 4.78 is 32.8. The summed E-state index contributed by atoms with van der Waals surface area (Å²) in [5.74, 6) is 2.99. The fourth-order valence-corrected chi connectivity index (χ4v) is 4.71. The van der Waals surface area contributed by atoms with Crippen molar-refractivity contribution in [1.29, 1.82) is 0 Å². The summed E-state index contributed by atoms with van der Waals surface area (Å²) in [6.07, 6.45) is 1.38. The van der Waals surface area contributed by atoms with Gasteiger partial charge in [-0.05, 0) is 72.5 Å². The van der Waals surface area contributed by atoms with Crippen molar-refractivity contribution in [2.24, 2.45) is 0 Å². The highest BCUT2D eigenvalue weighted by atomic mass is 16.5. The Bertz CT molecular complexity index is 1630. The number of methoxy groups -OCH3 is 5. The molecule has 0 fully saturated rings. The number of Topliss-reactive ketones (excluding diaryl/α,β-unsaturated/α-hetero) is 2. The van der Waals surface area contributed by atoms with Gasteiger partial charge in [0.1, 0.15) is 23.0 Å². The lowest BCUT2D eigenvalue weighted by Crippen LogP contribution is -2.04. The van der Waals surface area contributed by atoms with Gasteiger partial charge in [0.05, 0.1) is 46.7 Å². The Morgan fingerprint density at radius 2 is 1.00 bits per heavy atom. The van der Waals surface area contributed by atoms with Crippen LogP contribution in [0.1, 0.15) is 44.7 Å². The molecule has 9 heteroatoms. The molecule has 4 aromatic carbocycles. The molecule has 0 saturated carbocycles. The van der Waals surface area contributed by atoms with Crippen molar-refractivity contribution in [3.05, 3.63) is 95.1 Å². The van der Waals surface area contributed by atoms with Crippen molar-refractivity contribution in [1.82, 2.24) is 0 Å². The molecular formula is C35H36O9. The molecule has 44 heavy (non-hydrogen) atoms. The predicted octanol–water partition coefficient (Wildman–Crippen LogP) is 6.86. The Labute approximate surface area is 256 Å². The normalized spacial score (nSPS) is 10.6. The molecule has 0 amide bonds. The highest BCUT2D eigenvalue weighted by Gasteiger charge is 2.17. The van der Waals surface area contributed by atoms with Crippen LogP contribution >= 0.6 is 0 Å². The number of aromatic hydroxyl groups is 1. The minimum absolute atomic E-state index is 0.0536. The van der Waals surface area contributed by atoms with E-state index in [1.165, 1.54) is 27.4 Å². The molecule has 9 nitrogen and oxygen atoms in total. The number of carbonyl (C=O) groups excluding carboxylic acids is 2. The Morgan fingerprint density at radius 3 is 1.48 bits per heavy atom. The minimum Gasteiger partial charge on any atom is -0.504 e. The molecule has 0 bridgehead atoms. The number of ketones is 2. The van der Waals surface area contributed by atoms with Crippen molar-refractivity contribution in [3.63, 3.8) is 0 Å². The quantitative estimate of drug-likeness (QED) is 0.146. The topological polar surface area (TPSA) is 110 Å². The smallest absolute Gasteiger partial charge is 0.169 e. The Morgan fingerprint density at radius 1 is 0.523 bits per heavy atom. The third-order valence-electron chi connectivity index (χ3n) is 7.17. The first kappa shape index (κ1) is 31.7. The second-order valence-corrected chi connectivity index (χ2v) is 9.87. The third-order valence-corrected chi connectivity index (χ3v) is 7.17. The van der Waals surface area contributed by atoms with Crippen LogP contribution in [-0.4, -0.2) is 52.2 Å². The van der Waals surface area contributed by atoms with E-state index in [2.05, 4.69) is 0 Å². The number of hydrogen-bond donors (Lipinski definition) is 1. The molecule has 0 unspecified atom stereocenters. The summed E-state index contributed by atoms with van der Waals surface area (Å²) >= 11 is 0. The number of phenols is 1. The summed E-state index contributed by atoms with van der Waals surface area (Å²) in [5.41, 5.74) is 2.64. The summed E-state index contributed by atoms with van der Waals surface area (Å²) in [6.45, 7) is 0. The van der Waals surface area contributed by atoms with Crippen molar-refractivity contribution in [2.75, 3.05) is 35.5 Å². The van der Waals surface area contributed by atoms with E-state index in [-0.39, 0.29) is 35.9 Å². The largest absolute Gasteiger partial charge is 0.504 e. The predicted molar refractivity (Wildman–Crippen MR) is 166 cm³/mol. The van der Waals surface area contributed by atoms with E-state index in [1.807, 2.05) is 6.07 Å². The van der Waals surface area contributed by atoms with Crippen LogP contribution in [0.3, 0.4) is 0 Å². The van der Waals surface area contributed by atoms with Crippen LogP contribution in [0.2, 0.25) is 0 Å². The van der Waals surface area contributed by atoms with Gasteiger partial charge >= 0.3 is 0 Å². The number of rotatable bonds is 15. The van der Waals surface area contributed by atoms with Crippen molar-refractivity contribution >= 4 is 11.6 Å². The van der Waals surface area contributed by atoms with Crippen LogP contribution in [-0.2, 0) is 12.8 Å². The zero-order valence-corrected chi connectivity index (χ0v) is 25.5. The number of carbonyl (C=O) groups is 2. The van der Waals surface area contributed by atoms with Crippen LogP contribution in [0.15, 0.2) is 72.8 Å². The van der Waals surface area contributed by atoms with E-state index in [4.69, 9.17) is 28.4 Å². The molecule has 1 N–H and O–H groups in total. The zero-order valence-electron chi connectivity index (χ0n) is 25.5. The molecule has 0 aliphatic heterocycles. The number of hydrogen-bond acceptors (Lipinski definition) is 9. The van der Waals surface area contributed by atoms with Gasteiger partial charge < -0.3 is 33.5 Å². The number of ether oxygens (including phenoxy) is 6. The summed E-state index contributed by atoms with van der Waals surface area (Å²) in [5, 5.41) is 10.5. The van der Waals surface area contributed by atoms with E-state index in [1.54, 1.807) is 74.9 Å². The van der Waals surface area contributed by atoms with Crippen molar-refractivity contribution in [3.8, 4) is 46.0 Å². The molecule has 0 heterocycles. The second kappa shape index (κ2) is 14.8. The van der Waals surface area contributed by atoms with E-state index in [9.17, 15) is 14.7 Å². The molecule has 4 rings (SSSR count). The molecule has 0 aliphatic carbocycles. The van der Waals surface area contributed by atoms with E-state index >= 15 is 0 Å². The summed E-state index contributed by atoms with van der Waals surface area (Å²) in [4.78, 5) is 25.9. The second-order valence-electron chi connectivity index (χ2n) is 9.87. The van der Waals surface area contributed by atoms with E-state index in [0.29, 0.717) is 58.5 Å². The molecule has 0 atom stereocenters. The molecule has 0 aliphatic rings. The average molecular weight is 601 g/mol. The SMILES string of the molecule is COc1ccc(C(=O)CCc2ccc(O)c(Oc3ccc(CCC(=O)c4ccc(OC)cc4OC)cc3OC)c2)c(OC)c1. The molecule has 0 aromatic heterocycles. The summed E-state index contributed by atoms with van der Waals surface area (Å²) in [6, 6.07) is 20.5. The highest BCUT2D eigenvalue weighted by Crippen LogP contribution is 2.38. The van der Waals surface area contributed by atoms with Gasteiger partial charge in [-0.15, -0.1) is 0 Å². The van der Waals surface area contributed by atoms with Gasteiger partial charge in [-0.3, -0.25) is 9.59 Å². The number of aryl methyl sites for hydroxylation is 2. The van der Waals surface area contributed by atoms with Gasteiger partial charge in [0, 0.05) is 25.0 Å². The first-order chi connectivity index (χ1) is 21.3. The van der Waals surface area contributed by atoms with Gasteiger partial charge in [-0.2, -0.15) is 0 Å². The van der Waals surface area contributed by atoms with Gasteiger partial charge in [0.15, 0.2) is 34.6 Å². The third kappa shape index (κ3) is 7.60. The average Bonchev–Trinajstić information content (AvgIpc) is 3.06. The monoisotopic (exact) mass is 600 g/mol. The Kier molecular flexibility index (Phi) is 10.7. The maximum atomic E-state index is 12.9. The van der Waals surface area contributed by atoms with Crippen LogP contribution in [0.25, 0.3) is 0 Å². The van der Waals surface area contributed by atoms with Gasteiger partial charge in [-0.1, -0.05) is 12.1 Å². The molecular weight excluding hydrogens is 564 g/mol. The molecule has 0 radical (unpaired) electrons. The number of phenolic OH excluding ortho intramolecular Hbond substituents is 1. The van der Waals surface area contributed by atoms with Crippen LogP contribution in [0, 0.1) is 0 Å². The maximum Gasteiger partial charge on any atom is 0.169 e. The van der Waals surface area contributed by atoms with Gasteiger partial charge in [0.2, 0.25) is 0 Å². The van der Waals surface area contributed by atoms with Crippen molar-refractivity contribution < 1.29 is 43.1 Å². The fraction of sp³-hybridized carbons (Fsp3) is 0.257. The Hall–Kier alpha value is -5.18. The maximum absolute atomic E-state index is 12.9. The lowest BCUT2D eigenvalue weighted by molar-refractivity contribution is 0.0971. The van der Waals surface area contributed by atoms with Gasteiger partial charge in [-0.25, -0.2) is 0 Å². The molecule has 0 saturated heterocycles. The van der Waals surface area contributed by atoms with E-state index in [0.717, 1.165) is 11.1 Å². The van der Waals surface area contributed by atoms with Crippen LogP contribution in [0.5, 0.6) is 46.0 Å². The van der Waals surface area contributed by atoms with Crippen LogP contribution in [0.4, 0.5) is 0 Å². The first-order valence-corrected chi connectivity index (χ1v) is 14.0. The summed E-state index contributed by atoms with van der Waals surface area (Å²) in [7, 11) is 7.66. The highest BCUT2D eigenvalue weighted by molar-refractivity contribution is 5.99. The molecule has 0 spiro atoms. The molecule has 4 aromatic rings. The lowest BCUT2D eigenvalue weighted by Gasteiger charge is -2.14. The fourth-order valence-electron chi connectivity index (χ4n) is 4.71. The standard InChI is InChI=1S/C35H36O9/c1-39-24-10-12-26(32(20-24)41-3)28(36)14-6-22-8-16-30(38)34(18-22)44-31-17-9-23(19-35(31)43-5)7-15-29(37)27-13-11-25(40-2)21-33(27)42-4/h8-13,16-21,38H,6-7,14-15H2,1-5H3. The molecule has 230 valence electrons. The lowest BCUT2D eigenvalue weighted by atomic mass is 10.0. The number of benzene rings is 4. The zero-order chi connectivity index (χ0) is 31.6. The first-order valence-electron chi connectivity index (χ1n) is 14.0. The minimum atomic E-state index is -0.0822.